The summed E-state index contributed by atoms with van der Waals surface area (Å²) in [6, 6.07) is 13.0. The molecule has 0 spiro atoms. The monoisotopic (exact) mass is 292 g/mol. The van der Waals surface area contributed by atoms with Crippen LogP contribution in [0.3, 0.4) is 0 Å². The molecule has 0 atom stereocenters. The lowest BCUT2D eigenvalue weighted by molar-refractivity contribution is 0.206. The number of hydrogen-bond donors (Lipinski definition) is 1. The SMILES string of the molecule is N#Cc1ccc(NC(=O)N(Cc2ccncc2)C2CC2)cc1. The van der Waals surface area contributed by atoms with Gasteiger partial charge in [-0.25, -0.2) is 4.79 Å². The Morgan fingerprint density at radius 3 is 2.50 bits per heavy atom. The number of nitrogens with zero attached hydrogens (tertiary/aromatic N) is 3. The van der Waals surface area contributed by atoms with Crippen LogP contribution in [0.25, 0.3) is 0 Å². The number of urea groups is 1. The predicted octanol–water partition coefficient (Wildman–Crippen LogP) is 3.15. The van der Waals surface area contributed by atoms with Crippen LogP contribution >= 0.6 is 0 Å². The van der Waals surface area contributed by atoms with Crippen molar-refractivity contribution in [1.29, 1.82) is 5.26 Å². The van der Waals surface area contributed by atoms with E-state index in [1.165, 1.54) is 0 Å². The van der Waals surface area contributed by atoms with Crippen LogP contribution in [0.15, 0.2) is 48.8 Å². The molecule has 1 saturated carbocycles. The molecule has 5 heteroatoms. The van der Waals surface area contributed by atoms with Crippen LogP contribution in [0.4, 0.5) is 10.5 Å². The van der Waals surface area contributed by atoms with Crippen LogP contribution in [-0.4, -0.2) is 22.0 Å². The fraction of sp³-hybridized carbons (Fsp3) is 0.235. The number of benzene rings is 1. The van der Waals surface area contributed by atoms with Gasteiger partial charge in [-0.1, -0.05) is 0 Å². The number of carbonyl (C=O) groups is 1. The van der Waals surface area contributed by atoms with Gasteiger partial charge in [0.05, 0.1) is 11.6 Å². The van der Waals surface area contributed by atoms with Crippen molar-refractivity contribution in [1.82, 2.24) is 9.88 Å². The van der Waals surface area contributed by atoms with Crippen LogP contribution in [0.2, 0.25) is 0 Å². The molecule has 3 rings (SSSR count). The van der Waals surface area contributed by atoms with Gasteiger partial charge in [-0.15, -0.1) is 0 Å². The van der Waals surface area contributed by atoms with Gasteiger partial charge in [-0.3, -0.25) is 4.98 Å². The Labute approximate surface area is 129 Å². The number of nitrogens with one attached hydrogen (secondary N) is 1. The lowest BCUT2D eigenvalue weighted by atomic mass is 10.2. The normalized spacial score (nSPS) is 13.2. The molecule has 1 aliphatic rings. The third kappa shape index (κ3) is 3.41. The second-order valence-corrected chi connectivity index (χ2v) is 5.33. The van der Waals surface area contributed by atoms with Crippen LogP contribution in [0.1, 0.15) is 24.0 Å². The highest BCUT2D eigenvalue weighted by Gasteiger charge is 2.32. The first-order chi connectivity index (χ1) is 10.8. The second-order valence-electron chi connectivity index (χ2n) is 5.33. The summed E-state index contributed by atoms with van der Waals surface area (Å²) in [5.41, 5.74) is 2.34. The molecule has 1 N–H and O–H groups in total. The molecule has 0 bridgehead atoms. The molecule has 1 fully saturated rings. The van der Waals surface area contributed by atoms with Gasteiger partial charge in [0.15, 0.2) is 0 Å². The molecule has 0 unspecified atom stereocenters. The quantitative estimate of drug-likeness (QED) is 0.941. The van der Waals surface area contributed by atoms with Crippen molar-refractivity contribution in [2.24, 2.45) is 0 Å². The predicted molar refractivity (Wildman–Crippen MR) is 83.0 cm³/mol. The van der Waals surface area contributed by atoms with E-state index < -0.39 is 0 Å². The van der Waals surface area contributed by atoms with Crippen molar-refractivity contribution in [3.8, 4) is 6.07 Å². The minimum Gasteiger partial charge on any atom is -0.317 e. The first-order valence-electron chi connectivity index (χ1n) is 7.23. The first-order valence-corrected chi connectivity index (χ1v) is 7.23. The summed E-state index contributed by atoms with van der Waals surface area (Å²) in [6.45, 7) is 0.579. The number of rotatable bonds is 4. The van der Waals surface area contributed by atoms with Crippen LogP contribution in [0.5, 0.6) is 0 Å². The highest BCUT2D eigenvalue weighted by atomic mass is 16.2. The highest BCUT2D eigenvalue weighted by molar-refractivity contribution is 5.89. The number of pyridine rings is 1. The van der Waals surface area contributed by atoms with Crippen LogP contribution in [-0.2, 0) is 6.54 Å². The Morgan fingerprint density at radius 1 is 1.23 bits per heavy atom. The summed E-state index contributed by atoms with van der Waals surface area (Å²) in [5.74, 6) is 0. The Kier molecular flexibility index (Phi) is 4.01. The Bertz CT molecular complexity index is 687. The Morgan fingerprint density at radius 2 is 1.91 bits per heavy atom. The first kappa shape index (κ1) is 14.1. The Hall–Kier alpha value is -2.87. The number of aromatic nitrogens is 1. The minimum atomic E-state index is -0.107. The molecule has 5 nitrogen and oxygen atoms in total. The summed E-state index contributed by atoms with van der Waals surface area (Å²) in [7, 11) is 0. The average molecular weight is 292 g/mol. The van der Waals surface area contributed by atoms with E-state index in [0.717, 1.165) is 18.4 Å². The summed E-state index contributed by atoms with van der Waals surface area (Å²) in [4.78, 5) is 18.3. The maximum atomic E-state index is 12.5. The molecule has 22 heavy (non-hydrogen) atoms. The van der Waals surface area contributed by atoms with E-state index in [0.29, 0.717) is 23.8 Å². The zero-order chi connectivity index (χ0) is 15.4. The van der Waals surface area contributed by atoms with E-state index in [2.05, 4.69) is 16.4 Å². The van der Waals surface area contributed by atoms with Gasteiger partial charge in [-0.2, -0.15) is 5.26 Å². The van der Waals surface area contributed by atoms with E-state index >= 15 is 0 Å². The molecule has 1 aromatic carbocycles. The third-order valence-electron chi connectivity index (χ3n) is 3.62. The average Bonchev–Trinajstić information content (AvgIpc) is 3.39. The molecule has 110 valence electrons. The van der Waals surface area contributed by atoms with Crippen molar-refractivity contribution in [2.75, 3.05) is 5.32 Å². The number of anilines is 1. The maximum Gasteiger partial charge on any atom is 0.322 e. The van der Waals surface area contributed by atoms with Gasteiger partial charge in [0.2, 0.25) is 0 Å². The summed E-state index contributed by atoms with van der Waals surface area (Å²) < 4.78 is 0. The second kappa shape index (κ2) is 6.27. The van der Waals surface area contributed by atoms with Crippen molar-refractivity contribution >= 4 is 11.7 Å². The number of carbonyl (C=O) groups excluding carboxylic acids is 1. The highest BCUT2D eigenvalue weighted by Crippen LogP contribution is 2.29. The van der Waals surface area contributed by atoms with Crippen molar-refractivity contribution in [2.45, 2.75) is 25.4 Å². The number of amides is 2. The summed E-state index contributed by atoms with van der Waals surface area (Å²) >= 11 is 0. The molecule has 2 amide bonds. The summed E-state index contributed by atoms with van der Waals surface area (Å²) in [6.07, 6.45) is 5.57. The fourth-order valence-electron chi connectivity index (χ4n) is 2.26. The smallest absolute Gasteiger partial charge is 0.317 e. The van der Waals surface area contributed by atoms with Crippen LogP contribution < -0.4 is 5.32 Å². The number of hydrogen-bond acceptors (Lipinski definition) is 3. The van der Waals surface area contributed by atoms with Crippen molar-refractivity contribution < 1.29 is 4.79 Å². The molecular weight excluding hydrogens is 276 g/mol. The Balaban J connectivity index is 1.68. The van der Waals surface area contributed by atoms with Gasteiger partial charge in [0, 0.05) is 30.7 Å². The van der Waals surface area contributed by atoms with E-state index in [1.807, 2.05) is 17.0 Å². The van der Waals surface area contributed by atoms with Crippen molar-refractivity contribution in [3.05, 3.63) is 59.9 Å². The lowest BCUT2D eigenvalue weighted by Crippen LogP contribution is -2.36. The van der Waals surface area contributed by atoms with Gasteiger partial charge in [-0.05, 0) is 54.8 Å². The van der Waals surface area contributed by atoms with Crippen molar-refractivity contribution in [3.63, 3.8) is 0 Å². The van der Waals surface area contributed by atoms with Crippen LogP contribution in [0, 0.1) is 11.3 Å². The molecule has 1 aliphatic carbocycles. The van der Waals surface area contributed by atoms with E-state index in [1.54, 1.807) is 36.7 Å². The van der Waals surface area contributed by atoms with E-state index in [-0.39, 0.29) is 6.03 Å². The largest absolute Gasteiger partial charge is 0.322 e. The van der Waals surface area contributed by atoms with Gasteiger partial charge in [0.1, 0.15) is 0 Å². The third-order valence-corrected chi connectivity index (χ3v) is 3.62. The molecule has 0 saturated heterocycles. The fourth-order valence-corrected chi connectivity index (χ4v) is 2.26. The van der Waals surface area contributed by atoms with E-state index in [4.69, 9.17) is 5.26 Å². The minimum absolute atomic E-state index is 0.107. The molecule has 0 radical (unpaired) electrons. The lowest BCUT2D eigenvalue weighted by Gasteiger charge is -2.23. The molecule has 1 aromatic heterocycles. The van der Waals surface area contributed by atoms with Gasteiger partial charge < -0.3 is 10.2 Å². The molecule has 2 aromatic rings. The molecular formula is C17H16N4O. The van der Waals surface area contributed by atoms with Gasteiger partial charge in [0.25, 0.3) is 0 Å². The maximum absolute atomic E-state index is 12.5. The number of nitriles is 1. The topological polar surface area (TPSA) is 69.0 Å². The van der Waals surface area contributed by atoms with E-state index in [9.17, 15) is 4.79 Å². The zero-order valence-corrected chi connectivity index (χ0v) is 12.1. The molecule has 0 aliphatic heterocycles. The summed E-state index contributed by atoms with van der Waals surface area (Å²) in [5, 5.41) is 11.7. The van der Waals surface area contributed by atoms with Gasteiger partial charge >= 0.3 is 6.03 Å². The molecule has 1 heterocycles. The zero-order valence-electron chi connectivity index (χ0n) is 12.1. The standard InChI is InChI=1S/C17H16N4O/c18-11-13-1-3-15(4-2-13)20-17(22)21(16-5-6-16)12-14-7-9-19-10-8-14/h1-4,7-10,16H,5-6,12H2,(H,20,22).